The summed E-state index contributed by atoms with van der Waals surface area (Å²) in [4.78, 5) is 46.6. The van der Waals surface area contributed by atoms with E-state index >= 15 is 0 Å². The molecular weight excluding hydrogens is 694 g/mol. The van der Waals surface area contributed by atoms with E-state index in [2.05, 4.69) is 39.0 Å². The third-order valence-corrected chi connectivity index (χ3v) is 9.14. The van der Waals surface area contributed by atoms with E-state index in [-0.39, 0.29) is 24.9 Å². The molecule has 0 fully saturated rings. The molecule has 4 aromatic carbocycles. The van der Waals surface area contributed by atoms with Crippen LogP contribution in [0.15, 0.2) is 84.9 Å². The molecule has 5 heterocycles. The van der Waals surface area contributed by atoms with Gasteiger partial charge in [0, 0.05) is 44.8 Å². The Morgan fingerprint density at radius 1 is 0.667 bits per heavy atom. The molecule has 3 aromatic heterocycles. The summed E-state index contributed by atoms with van der Waals surface area (Å²) in [5, 5.41) is 12.4. The predicted molar refractivity (Wildman–Crippen MR) is 189 cm³/mol. The van der Waals surface area contributed by atoms with E-state index in [1.807, 2.05) is 66.2 Å². The van der Waals surface area contributed by atoms with E-state index in [1.54, 1.807) is 12.1 Å². The maximum Gasteiger partial charge on any atom is 2.00 e. The number of nitrogens with zero attached hydrogens (tertiary/aromatic N) is 8. The quantitative estimate of drug-likeness (QED) is 0.163. The maximum absolute atomic E-state index is 11.3. The largest absolute Gasteiger partial charge is 2.00 e. The van der Waals surface area contributed by atoms with Gasteiger partial charge in [-0.15, -0.1) is 0 Å². The van der Waals surface area contributed by atoms with Crippen molar-refractivity contribution in [3.63, 3.8) is 0 Å². The van der Waals surface area contributed by atoms with Crippen molar-refractivity contribution >= 4 is 50.1 Å². The predicted octanol–water partition coefficient (Wildman–Crippen LogP) is 6.32. The molecule has 0 spiro atoms. The van der Waals surface area contributed by atoms with Crippen molar-refractivity contribution in [3.05, 3.63) is 90.5 Å². The summed E-state index contributed by atoms with van der Waals surface area (Å²) in [6.45, 7) is 6.08. The normalized spacial score (nSPS) is 12.0. The molecular formula is C39H29N8O3Zn+. The second-order valence-electron chi connectivity index (χ2n) is 13.4. The Bertz CT molecular complexity index is 2770. The standard InChI is InChI=1S/C39H30N8O3.Zn/c1-39(2,3)20-13-15-24-28(17-20)35-43-33(24)41-31-22-9-5-6-10-23(22)32(40-31)42-34-25-16-14-21(50-19-30(48)49)18-29(25)36(44-34)46-38-27-12-8-7-11-26(27)37(45-35)47(38)4;/h5-18H,19H2,1-4H3,(H2,40,41,42,43,44,45,46,48,49);/q;+2/p-1. The number of aromatic nitrogens is 8. The van der Waals surface area contributed by atoms with Crippen LogP contribution in [-0.2, 0) is 36.7 Å². The number of rotatable bonds is 3. The van der Waals surface area contributed by atoms with Crippen molar-refractivity contribution in [1.82, 2.24) is 34.9 Å². The van der Waals surface area contributed by atoms with Crippen molar-refractivity contribution in [2.24, 2.45) is 7.05 Å². The van der Waals surface area contributed by atoms with Crippen molar-refractivity contribution in [2.75, 3.05) is 6.61 Å². The van der Waals surface area contributed by atoms with Crippen LogP contribution in [0.2, 0.25) is 0 Å². The molecule has 7 aromatic rings. The smallest absolute Gasteiger partial charge is 0.482 e. The number of ether oxygens (including phenoxy) is 1. The van der Waals surface area contributed by atoms with Gasteiger partial charge in [0.05, 0.1) is 18.7 Å². The number of aliphatic carboxylic acids is 1. The summed E-state index contributed by atoms with van der Waals surface area (Å²) < 4.78 is 7.49. The summed E-state index contributed by atoms with van der Waals surface area (Å²) in [6.07, 6.45) is 0. The Labute approximate surface area is 304 Å². The Balaban J connectivity index is 0.00000374. The third kappa shape index (κ3) is 5.34. The molecule has 1 N–H and O–H groups in total. The van der Waals surface area contributed by atoms with E-state index in [1.165, 1.54) is 0 Å². The fourth-order valence-corrected chi connectivity index (χ4v) is 6.58. The fraction of sp³-hybridized carbons (Fsp3) is 0.154. The molecule has 0 atom stereocenters. The van der Waals surface area contributed by atoms with Gasteiger partial charge in [0.2, 0.25) is 0 Å². The van der Waals surface area contributed by atoms with Crippen LogP contribution in [0.5, 0.6) is 5.75 Å². The van der Waals surface area contributed by atoms with E-state index in [4.69, 9.17) is 39.6 Å². The Morgan fingerprint density at radius 2 is 1.16 bits per heavy atom. The molecule has 8 bridgehead atoms. The number of hydrogen-bond acceptors (Lipinski definition) is 7. The van der Waals surface area contributed by atoms with Crippen LogP contribution in [0.3, 0.4) is 0 Å². The van der Waals surface area contributed by atoms with Crippen LogP contribution < -0.4 is 19.3 Å². The summed E-state index contributed by atoms with van der Waals surface area (Å²) in [5.74, 6) is 1.60. The van der Waals surface area contributed by atoms with Crippen LogP contribution >= 0.6 is 0 Å². The van der Waals surface area contributed by atoms with Crippen molar-refractivity contribution < 1.29 is 38.7 Å². The second kappa shape index (κ2) is 11.9. The van der Waals surface area contributed by atoms with Gasteiger partial charge in [-0.2, -0.15) is 0 Å². The zero-order valence-electron chi connectivity index (χ0n) is 28.3. The third-order valence-electron chi connectivity index (χ3n) is 9.14. The molecule has 0 amide bonds. The number of carboxylic acids is 1. The fourth-order valence-electron chi connectivity index (χ4n) is 6.58. The van der Waals surface area contributed by atoms with Crippen molar-refractivity contribution in [2.45, 2.75) is 26.2 Å². The van der Waals surface area contributed by atoms with Gasteiger partial charge in [0.25, 0.3) is 0 Å². The Morgan fingerprint density at radius 3 is 1.69 bits per heavy atom. The SMILES string of the molecule is C[n+]1c2nc3[n-]c(nc4nc(nc5[n-]c(nc1-c1ccccc1-2)c1cc(C(C)(C)C)ccc51)-c1ccccc1-4)c1ccc(OCC(=O)O)cc31.[Zn+2]. The molecule has 0 saturated heterocycles. The first-order valence-corrected chi connectivity index (χ1v) is 16.2. The minimum atomic E-state index is -1.07. The number of fused-ring (bicyclic) bond motifs is 20. The first-order chi connectivity index (χ1) is 24.1. The van der Waals surface area contributed by atoms with E-state index in [0.717, 1.165) is 38.6 Å². The van der Waals surface area contributed by atoms with Gasteiger partial charge >= 0.3 is 25.4 Å². The Kier molecular flexibility index (Phi) is 7.53. The molecule has 0 saturated carbocycles. The maximum atomic E-state index is 11.3. The van der Waals surface area contributed by atoms with Crippen LogP contribution in [0.1, 0.15) is 26.3 Å². The van der Waals surface area contributed by atoms with Crippen LogP contribution in [0.4, 0.5) is 0 Å². The molecule has 244 valence electrons. The van der Waals surface area contributed by atoms with Crippen LogP contribution in [0, 0.1) is 0 Å². The molecule has 51 heavy (non-hydrogen) atoms. The van der Waals surface area contributed by atoms with Gasteiger partial charge in [-0.25, -0.2) is 9.78 Å². The molecule has 2 aliphatic rings. The average Bonchev–Trinajstić information content (AvgIpc) is 3.81. The monoisotopic (exact) mass is 721 g/mol. The van der Waals surface area contributed by atoms with Gasteiger partial charge in [-0.3, -0.25) is 4.57 Å². The van der Waals surface area contributed by atoms with E-state index in [9.17, 15) is 9.90 Å². The van der Waals surface area contributed by atoms with Crippen molar-refractivity contribution in [1.29, 1.82) is 0 Å². The second-order valence-corrected chi connectivity index (χ2v) is 13.4. The molecule has 0 aliphatic carbocycles. The Hall–Kier alpha value is -5.87. The zero-order valence-corrected chi connectivity index (χ0v) is 31.3. The van der Waals surface area contributed by atoms with Gasteiger partial charge in [0.15, 0.2) is 6.61 Å². The molecule has 11 nitrogen and oxygen atoms in total. The average molecular weight is 723 g/mol. The van der Waals surface area contributed by atoms with Crippen LogP contribution in [-0.4, -0.2) is 42.6 Å². The van der Waals surface area contributed by atoms with Crippen molar-refractivity contribution in [3.8, 4) is 51.3 Å². The summed E-state index contributed by atoms with van der Waals surface area (Å²) in [5.41, 5.74) is 6.40. The number of carbonyl (C=O) groups is 1. The molecule has 0 radical (unpaired) electrons. The summed E-state index contributed by atoms with van der Waals surface area (Å²) in [7, 11) is 1.93. The number of hydrogen-bond donors (Lipinski definition) is 1. The van der Waals surface area contributed by atoms with Gasteiger partial charge in [-0.1, -0.05) is 81.4 Å². The molecule has 2 aliphatic heterocycles. The van der Waals surface area contributed by atoms with E-state index in [0.29, 0.717) is 62.4 Å². The zero-order chi connectivity index (χ0) is 34.3. The van der Waals surface area contributed by atoms with E-state index < -0.39 is 12.6 Å². The first-order valence-electron chi connectivity index (χ1n) is 16.2. The first kappa shape index (κ1) is 32.3. The van der Waals surface area contributed by atoms with Gasteiger partial charge < -0.3 is 39.7 Å². The minimum Gasteiger partial charge on any atom is -0.482 e. The molecule has 12 heteroatoms. The molecule has 9 rings (SSSR count). The van der Waals surface area contributed by atoms with Gasteiger partial charge in [-0.05, 0) is 56.8 Å². The van der Waals surface area contributed by atoms with Crippen LogP contribution in [0.25, 0.3) is 89.7 Å². The van der Waals surface area contributed by atoms with Gasteiger partial charge in [0.1, 0.15) is 17.4 Å². The minimum absolute atomic E-state index is 0. The summed E-state index contributed by atoms with van der Waals surface area (Å²) in [6, 6.07) is 27.4. The number of benzene rings is 4. The number of carboxylic acid groups (broad SMARTS) is 1. The topological polar surface area (TPSA) is 143 Å². The molecule has 0 unspecified atom stereocenters. The summed E-state index contributed by atoms with van der Waals surface area (Å²) >= 11 is 0.